The Balaban J connectivity index is 1.71. The fourth-order valence-corrected chi connectivity index (χ4v) is 2.62. The maximum absolute atomic E-state index is 4.35. The molecule has 2 aromatic heterocycles. The molecule has 0 saturated heterocycles. The molecule has 0 radical (unpaired) electrons. The first kappa shape index (κ1) is 13.6. The second kappa shape index (κ2) is 5.95. The number of anilines is 1. The zero-order chi connectivity index (χ0) is 14.7. The molecule has 4 nitrogen and oxygen atoms in total. The average Bonchev–Trinajstić information content (AvgIpc) is 2.91. The molecule has 0 fully saturated rings. The van der Waals surface area contributed by atoms with Gasteiger partial charge < -0.3 is 10.3 Å². The lowest BCUT2D eigenvalue weighted by Crippen LogP contribution is -2.07. The highest BCUT2D eigenvalue weighted by Crippen LogP contribution is 2.22. The lowest BCUT2D eigenvalue weighted by atomic mass is 10.1. The van der Waals surface area contributed by atoms with Crippen LogP contribution in [0.25, 0.3) is 10.9 Å². The van der Waals surface area contributed by atoms with Gasteiger partial charge in [-0.1, -0.05) is 25.1 Å². The van der Waals surface area contributed by atoms with Crippen LogP contribution >= 0.6 is 0 Å². The van der Waals surface area contributed by atoms with Crippen molar-refractivity contribution in [2.24, 2.45) is 0 Å². The van der Waals surface area contributed by atoms with Crippen LogP contribution < -0.4 is 5.32 Å². The van der Waals surface area contributed by atoms with E-state index in [4.69, 9.17) is 0 Å². The van der Waals surface area contributed by atoms with Crippen molar-refractivity contribution in [2.45, 2.75) is 26.7 Å². The van der Waals surface area contributed by atoms with Gasteiger partial charge in [0.2, 0.25) is 5.95 Å². The van der Waals surface area contributed by atoms with Gasteiger partial charge in [0.25, 0.3) is 0 Å². The molecule has 3 aromatic rings. The third-order valence-corrected chi connectivity index (χ3v) is 3.74. The van der Waals surface area contributed by atoms with Crippen molar-refractivity contribution >= 4 is 16.9 Å². The predicted molar refractivity (Wildman–Crippen MR) is 86.6 cm³/mol. The van der Waals surface area contributed by atoms with E-state index in [0.29, 0.717) is 5.95 Å². The summed E-state index contributed by atoms with van der Waals surface area (Å²) in [5, 5.41) is 4.60. The van der Waals surface area contributed by atoms with Crippen LogP contribution in [0.4, 0.5) is 5.95 Å². The second-order valence-electron chi connectivity index (χ2n) is 5.21. The molecular formula is C17H20N4. The van der Waals surface area contributed by atoms with Crippen LogP contribution in [0.5, 0.6) is 0 Å². The molecule has 0 unspecified atom stereocenters. The molecule has 0 aliphatic heterocycles. The van der Waals surface area contributed by atoms with Crippen molar-refractivity contribution in [3.8, 4) is 0 Å². The van der Waals surface area contributed by atoms with Gasteiger partial charge in [-0.2, -0.15) is 0 Å². The molecule has 0 spiro atoms. The van der Waals surface area contributed by atoms with Crippen molar-refractivity contribution in [2.75, 3.05) is 11.9 Å². The number of aromatic amines is 1. The molecule has 0 saturated carbocycles. The fraction of sp³-hybridized carbons (Fsp3) is 0.294. The summed E-state index contributed by atoms with van der Waals surface area (Å²) >= 11 is 0. The third-order valence-electron chi connectivity index (χ3n) is 3.74. The highest BCUT2D eigenvalue weighted by atomic mass is 15.1. The van der Waals surface area contributed by atoms with Gasteiger partial charge in [-0.25, -0.2) is 9.97 Å². The second-order valence-corrected chi connectivity index (χ2v) is 5.21. The van der Waals surface area contributed by atoms with Gasteiger partial charge in [0.1, 0.15) is 0 Å². The molecular weight excluding hydrogens is 260 g/mol. The van der Waals surface area contributed by atoms with Crippen LogP contribution in [0.15, 0.2) is 36.7 Å². The van der Waals surface area contributed by atoms with Crippen LogP contribution in [-0.4, -0.2) is 21.5 Å². The Labute approximate surface area is 124 Å². The van der Waals surface area contributed by atoms with Gasteiger partial charge in [0, 0.05) is 35.5 Å². The summed E-state index contributed by atoms with van der Waals surface area (Å²) < 4.78 is 0. The minimum absolute atomic E-state index is 0.698. The molecule has 21 heavy (non-hydrogen) atoms. The van der Waals surface area contributed by atoms with E-state index < -0.39 is 0 Å². The number of hydrogen-bond donors (Lipinski definition) is 2. The van der Waals surface area contributed by atoms with Crippen molar-refractivity contribution in [1.29, 1.82) is 0 Å². The van der Waals surface area contributed by atoms with Crippen LogP contribution in [0.3, 0.4) is 0 Å². The minimum Gasteiger partial charge on any atom is -0.361 e. The Kier molecular flexibility index (Phi) is 3.86. The largest absolute Gasteiger partial charge is 0.361 e. The Bertz CT molecular complexity index is 745. The van der Waals surface area contributed by atoms with Gasteiger partial charge >= 0.3 is 0 Å². The van der Waals surface area contributed by atoms with Gasteiger partial charge in [-0.15, -0.1) is 0 Å². The standard InChI is InChI=1S/C17H20N4/c1-3-13-5-4-6-15-14(11-20-16(13)15)8-10-19-17-18-9-7-12(2)21-17/h4-7,9,11,20H,3,8,10H2,1-2H3,(H,18,19,21). The third kappa shape index (κ3) is 2.89. The van der Waals surface area contributed by atoms with Gasteiger partial charge in [0.15, 0.2) is 0 Å². The summed E-state index contributed by atoms with van der Waals surface area (Å²) in [7, 11) is 0. The number of H-pyrrole nitrogens is 1. The normalized spacial score (nSPS) is 11.0. The summed E-state index contributed by atoms with van der Waals surface area (Å²) in [5.74, 6) is 0.698. The predicted octanol–water partition coefficient (Wildman–Crippen LogP) is 3.48. The number of nitrogens with one attached hydrogen (secondary N) is 2. The molecule has 108 valence electrons. The number of hydrogen-bond acceptors (Lipinski definition) is 3. The molecule has 2 heterocycles. The van der Waals surface area contributed by atoms with Crippen molar-refractivity contribution in [1.82, 2.24) is 15.0 Å². The average molecular weight is 280 g/mol. The van der Waals surface area contributed by atoms with Crippen LogP contribution in [-0.2, 0) is 12.8 Å². The van der Waals surface area contributed by atoms with E-state index in [-0.39, 0.29) is 0 Å². The molecule has 4 heteroatoms. The molecule has 0 atom stereocenters. The van der Waals surface area contributed by atoms with E-state index in [9.17, 15) is 0 Å². The van der Waals surface area contributed by atoms with E-state index in [1.165, 1.54) is 22.0 Å². The van der Waals surface area contributed by atoms with E-state index in [2.05, 4.69) is 51.6 Å². The van der Waals surface area contributed by atoms with E-state index >= 15 is 0 Å². The topological polar surface area (TPSA) is 53.6 Å². The van der Waals surface area contributed by atoms with Crippen LogP contribution in [0.1, 0.15) is 23.7 Å². The van der Waals surface area contributed by atoms with Crippen LogP contribution in [0, 0.1) is 6.92 Å². The Morgan fingerprint density at radius 1 is 1.19 bits per heavy atom. The summed E-state index contributed by atoms with van der Waals surface area (Å²) in [4.78, 5) is 12.0. The Morgan fingerprint density at radius 3 is 2.90 bits per heavy atom. The first-order valence-electron chi connectivity index (χ1n) is 7.39. The molecule has 0 amide bonds. The number of rotatable bonds is 5. The minimum atomic E-state index is 0.698. The first-order chi connectivity index (χ1) is 10.3. The number of fused-ring (bicyclic) bond motifs is 1. The molecule has 0 aliphatic carbocycles. The maximum Gasteiger partial charge on any atom is 0.222 e. The molecule has 0 bridgehead atoms. The lowest BCUT2D eigenvalue weighted by molar-refractivity contribution is 0.980. The number of aromatic nitrogens is 3. The summed E-state index contributed by atoms with van der Waals surface area (Å²) in [6, 6.07) is 8.40. The molecule has 0 aliphatic rings. The highest BCUT2D eigenvalue weighted by Gasteiger charge is 2.06. The molecule has 2 N–H and O–H groups in total. The zero-order valence-electron chi connectivity index (χ0n) is 12.5. The monoisotopic (exact) mass is 280 g/mol. The Hall–Kier alpha value is -2.36. The smallest absolute Gasteiger partial charge is 0.222 e. The SMILES string of the molecule is CCc1cccc2c(CCNc3nccc(C)n3)c[nH]c12. The van der Waals surface area contributed by atoms with E-state index in [0.717, 1.165) is 25.1 Å². The Morgan fingerprint density at radius 2 is 2.10 bits per heavy atom. The maximum atomic E-state index is 4.35. The number of para-hydroxylation sites is 1. The van der Waals surface area contributed by atoms with E-state index in [1.807, 2.05) is 13.0 Å². The van der Waals surface area contributed by atoms with Crippen molar-refractivity contribution < 1.29 is 0 Å². The molecule has 3 rings (SSSR count). The fourth-order valence-electron chi connectivity index (χ4n) is 2.62. The zero-order valence-corrected chi connectivity index (χ0v) is 12.5. The van der Waals surface area contributed by atoms with Crippen LogP contribution in [0.2, 0.25) is 0 Å². The molecule has 1 aromatic carbocycles. The quantitative estimate of drug-likeness (QED) is 0.752. The van der Waals surface area contributed by atoms with E-state index in [1.54, 1.807) is 6.20 Å². The number of nitrogens with zero attached hydrogens (tertiary/aromatic N) is 2. The number of aryl methyl sites for hydroxylation is 2. The van der Waals surface area contributed by atoms with Crippen molar-refractivity contribution in [3.63, 3.8) is 0 Å². The van der Waals surface area contributed by atoms with Crippen molar-refractivity contribution in [3.05, 3.63) is 53.5 Å². The number of benzene rings is 1. The summed E-state index contributed by atoms with van der Waals surface area (Å²) in [5.41, 5.74) is 4.95. The lowest BCUT2D eigenvalue weighted by Gasteiger charge is -2.05. The van der Waals surface area contributed by atoms with Gasteiger partial charge in [-0.05, 0) is 37.0 Å². The summed E-state index contributed by atoms with van der Waals surface area (Å²) in [6.07, 6.45) is 5.89. The highest BCUT2D eigenvalue weighted by molar-refractivity contribution is 5.86. The van der Waals surface area contributed by atoms with Gasteiger partial charge in [0.05, 0.1) is 0 Å². The first-order valence-corrected chi connectivity index (χ1v) is 7.39. The summed E-state index contributed by atoms with van der Waals surface area (Å²) in [6.45, 7) is 4.98. The van der Waals surface area contributed by atoms with Gasteiger partial charge in [-0.3, -0.25) is 0 Å².